The summed E-state index contributed by atoms with van der Waals surface area (Å²) in [6.45, 7) is 3.14. The summed E-state index contributed by atoms with van der Waals surface area (Å²) < 4.78 is 3.24. The van der Waals surface area contributed by atoms with Crippen LogP contribution in [0.4, 0.5) is 0 Å². The topological polar surface area (TPSA) is 29.9 Å². The Bertz CT molecular complexity index is 504. The summed E-state index contributed by atoms with van der Waals surface area (Å²) in [5.41, 5.74) is 2.65. The van der Waals surface area contributed by atoms with Crippen molar-refractivity contribution in [2.75, 3.05) is 6.54 Å². The number of nitrogens with zero attached hydrogens (tertiary/aromatic N) is 2. The number of hydrogen-bond donors (Lipinski definition) is 1. The quantitative estimate of drug-likeness (QED) is 0.792. The van der Waals surface area contributed by atoms with Gasteiger partial charge in [-0.2, -0.15) is 5.10 Å². The molecule has 19 heavy (non-hydrogen) atoms. The number of benzene rings is 1. The van der Waals surface area contributed by atoms with Gasteiger partial charge in [0.2, 0.25) is 0 Å². The second-order valence-electron chi connectivity index (χ2n) is 4.65. The highest BCUT2D eigenvalue weighted by Crippen LogP contribution is 2.20. The lowest BCUT2D eigenvalue weighted by Gasteiger charge is -2.18. The van der Waals surface area contributed by atoms with Crippen LogP contribution in [0.2, 0.25) is 0 Å². The standard InChI is InChI=1S/C15H20IN3/c1-3-17-15(12-4-6-13(16)7-5-12)9-8-14-10-11-18-19(14)2/h4-7,10-11,15,17H,3,8-9H2,1-2H3. The molecule has 2 rings (SSSR count). The molecule has 1 aromatic carbocycles. The van der Waals surface area contributed by atoms with Crippen LogP contribution in [0.25, 0.3) is 0 Å². The summed E-state index contributed by atoms with van der Waals surface area (Å²) in [5, 5.41) is 7.79. The van der Waals surface area contributed by atoms with E-state index < -0.39 is 0 Å². The molecule has 2 aromatic rings. The van der Waals surface area contributed by atoms with Crippen molar-refractivity contribution in [1.82, 2.24) is 15.1 Å². The molecule has 0 spiro atoms. The average Bonchev–Trinajstić information content (AvgIpc) is 2.81. The molecular formula is C15H20IN3. The van der Waals surface area contributed by atoms with Gasteiger partial charge in [-0.25, -0.2) is 0 Å². The van der Waals surface area contributed by atoms with Crippen molar-refractivity contribution >= 4 is 22.6 Å². The van der Waals surface area contributed by atoms with Gasteiger partial charge in [-0.05, 0) is 65.7 Å². The molecule has 1 aromatic heterocycles. The third-order valence-electron chi connectivity index (χ3n) is 3.33. The molecule has 0 aliphatic heterocycles. The molecule has 1 atom stereocenters. The van der Waals surface area contributed by atoms with Crippen LogP contribution >= 0.6 is 22.6 Å². The molecule has 1 unspecified atom stereocenters. The molecule has 0 saturated heterocycles. The highest BCUT2D eigenvalue weighted by atomic mass is 127. The fourth-order valence-corrected chi connectivity index (χ4v) is 2.63. The number of halogens is 1. The van der Waals surface area contributed by atoms with Crippen LogP contribution in [0.3, 0.4) is 0 Å². The van der Waals surface area contributed by atoms with E-state index >= 15 is 0 Å². The van der Waals surface area contributed by atoms with Crippen molar-refractivity contribution in [2.24, 2.45) is 7.05 Å². The van der Waals surface area contributed by atoms with Gasteiger partial charge in [0.1, 0.15) is 0 Å². The van der Waals surface area contributed by atoms with E-state index in [1.54, 1.807) is 0 Å². The minimum absolute atomic E-state index is 0.414. The Labute approximate surface area is 128 Å². The van der Waals surface area contributed by atoms with Crippen LogP contribution in [-0.2, 0) is 13.5 Å². The van der Waals surface area contributed by atoms with Gasteiger partial charge in [0, 0.05) is 28.6 Å². The predicted octanol–water partition coefficient (Wildman–Crippen LogP) is 3.31. The van der Waals surface area contributed by atoms with Gasteiger partial charge in [-0.15, -0.1) is 0 Å². The molecule has 0 aliphatic carbocycles. The molecule has 0 radical (unpaired) electrons. The van der Waals surface area contributed by atoms with Gasteiger partial charge in [0.15, 0.2) is 0 Å². The highest BCUT2D eigenvalue weighted by Gasteiger charge is 2.11. The Kier molecular flexibility index (Phi) is 5.39. The van der Waals surface area contributed by atoms with Gasteiger partial charge in [-0.1, -0.05) is 19.1 Å². The maximum absolute atomic E-state index is 4.22. The first kappa shape index (κ1) is 14.5. The zero-order valence-electron chi connectivity index (χ0n) is 11.4. The van der Waals surface area contributed by atoms with Gasteiger partial charge >= 0.3 is 0 Å². The van der Waals surface area contributed by atoms with E-state index in [0.29, 0.717) is 6.04 Å². The predicted molar refractivity (Wildman–Crippen MR) is 87.1 cm³/mol. The second kappa shape index (κ2) is 7.05. The average molecular weight is 369 g/mol. The lowest BCUT2D eigenvalue weighted by Crippen LogP contribution is -2.21. The molecule has 0 saturated carbocycles. The van der Waals surface area contributed by atoms with Gasteiger partial charge in [0.25, 0.3) is 0 Å². The van der Waals surface area contributed by atoms with E-state index in [1.165, 1.54) is 14.8 Å². The molecular weight excluding hydrogens is 349 g/mol. The number of aromatic nitrogens is 2. The number of hydrogen-bond acceptors (Lipinski definition) is 2. The monoisotopic (exact) mass is 369 g/mol. The van der Waals surface area contributed by atoms with E-state index in [1.807, 2.05) is 17.9 Å². The normalized spacial score (nSPS) is 12.6. The van der Waals surface area contributed by atoms with Crippen molar-refractivity contribution in [3.8, 4) is 0 Å². The minimum atomic E-state index is 0.414. The van der Waals surface area contributed by atoms with Crippen LogP contribution in [0.1, 0.15) is 30.6 Å². The van der Waals surface area contributed by atoms with Crippen LogP contribution in [0.15, 0.2) is 36.5 Å². The first-order valence-corrected chi connectivity index (χ1v) is 7.74. The second-order valence-corrected chi connectivity index (χ2v) is 5.89. The third kappa shape index (κ3) is 4.04. The lowest BCUT2D eigenvalue weighted by molar-refractivity contribution is 0.506. The first-order valence-electron chi connectivity index (χ1n) is 6.66. The maximum Gasteiger partial charge on any atom is 0.0492 e. The van der Waals surface area contributed by atoms with Gasteiger partial charge in [0.05, 0.1) is 0 Å². The summed E-state index contributed by atoms with van der Waals surface area (Å²) >= 11 is 2.34. The summed E-state index contributed by atoms with van der Waals surface area (Å²) in [4.78, 5) is 0. The largest absolute Gasteiger partial charge is 0.310 e. The lowest BCUT2D eigenvalue weighted by atomic mass is 10.0. The fourth-order valence-electron chi connectivity index (χ4n) is 2.27. The zero-order valence-corrected chi connectivity index (χ0v) is 13.6. The van der Waals surface area contributed by atoms with E-state index in [0.717, 1.165) is 19.4 Å². The maximum atomic E-state index is 4.22. The molecule has 1 N–H and O–H groups in total. The van der Waals surface area contributed by atoms with E-state index in [-0.39, 0.29) is 0 Å². The molecule has 1 heterocycles. The Morgan fingerprint density at radius 3 is 2.58 bits per heavy atom. The number of nitrogens with one attached hydrogen (secondary N) is 1. The SMILES string of the molecule is CCNC(CCc1ccnn1C)c1ccc(I)cc1. The summed E-state index contributed by atoms with van der Waals surface area (Å²) in [6.07, 6.45) is 4.00. The van der Waals surface area contributed by atoms with E-state index in [9.17, 15) is 0 Å². The van der Waals surface area contributed by atoms with Crippen LogP contribution in [0.5, 0.6) is 0 Å². The molecule has 0 fully saturated rings. The zero-order chi connectivity index (χ0) is 13.7. The van der Waals surface area contributed by atoms with Crippen molar-refractivity contribution in [2.45, 2.75) is 25.8 Å². The molecule has 102 valence electrons. The fraction of sp³-hybridized carbons (Fsp3) is 0.400. The first-order chi connectivity index (χ1) is 9.20. The third-order valence-corrected chi connectivity index (χ3v) is 4.05. The van der Waals surface area contributed by atoms with Crippen molar-refractivity contribution in [1.29, 1.82) is 0 Å². The number of aryl methyl sites for hydroxylation is 2. The number of rotatable bonds is 6. The minimum Gasteiger partial charge on any atom is -0.310 e. The van der Waals surface area contributed by atoms with Gasteiger partial charge in [-0.3, -0.25) is 4.68 Å². The Balaban J connectivity index is 2.04. The molecule has 0 aliphatic rings. The van der Waals surface area contributed by atoms with Crippen LogP contribution in [0, 0.1) is 3.57 Å². The van der Waals surface area contributed by atoms with Crippen molar-refractivity contribution in [3.63, 3.8) is 0 Å². The van der Waals surface area contributed by atoms with Gasteiger partial charge < -0.3 is 5.32 Å². The summed E-state index contributed by atoms with van der Waals surface area (Å²) in [6, 6.07) is 11.3. The van der Waals surface area contributed by atoms with Crippen LogP contribution in [-0.4, -0.2) is 16.3 Å². The van der Waals surface area contributed by atoms with E-state index in [2.05, 4.69) is 70.3 Å². The molecule has 0 bridgehead atoms. The van der Waals surface area contributed by atoms with E-state index in [4.69, 9.17) is 0 Å². The summed E-state index contributed by atoms with van der Waals surface area (Å²) in [5.74, 6) is 0. The molecule has 3 nitrogen and oxygen atoms in total. The van der Waals surface area contributed by atoms with Crippen molar-refractivity contribution in [3.05, 3.63) is 51.4 Å². The Hall–Kier alpha value is -0.880. The van der Waals surface area contributed by atoms with Crippen LogP contribution < -0.4 is 5.32 Å². The molecule has 4 heteroatoms. The highest BCUT2D eigenvalue weighted by molar-refractivity contribution is 14.1. The molecule has 0 amide bonds. The van der Waals surface area contributed by atoms with Crippen molar-refractivity contribution < 1.29 is 0 Å². The Morgan fingerprint density at radius 1 is 1.26 bits per heavy atom. The smallest absolute Gasteiger partial charge is 0.0492 e. The summed E-state index contributed by atoms with van der Waals surface area (Å²) in [7, 11) is 2.00. The Morgan fingerprint density at radius 2 is 2.00 bits per heavy atom.